The third-order valence-electron chi connectivity index (χ3n) is 5.16. The SMILES string of the molecule is CCCCCOCC(=O)N1CC2(CCC2)C1c1cccnc1. The minimum atomic E-state index is 0.128. The fourth-order valence-corrected chi connectivity index (χ4v) is 3.80. The van der Waals surface area contributed by atoms with E-state index in [9.17, 15) is 4.79 Å². The van der Waals surface area contributed by atoms with Gasteiger partial charge in [0.25, 0.3) is 0 Å². The predicted molar refractivity (Wildman–Crippen MR) is 85.3 cm³/mol. The summed E-state index contributed by atoms with van der Waals surface area (Å²) in [6.45, 7) is 3.97. The van der Waals surface area contributed by atoms with Gasteiger partial charge in [0, 0.05) is 31.0 Å². The molecule has 2 fully saturated rings. The Morgan fingerprint density at radius 1 is 1.45 bits per heavy atom. The lowest BCUT2D eigenvalue weighted by Gasteiger charge is -2.62. The van der Waals surface area contributed by atoms with E-state index in [1.54, 1.807) is 6.20 Å². The second kappa shape index (κ2) is 6.78. The van der Waals surface area contributed by atoms with Gasteiger partial charge >= 0.3 is 0 Å². The Kier molecular flexibility index (Phi) is 4.77. The third-order valence-corrected chi connectivity index (χ3v) is 5.16. The van der Waals surface area contributed by atoms with Gasteiger partial charge in [0.05, 0.1) is 6.04 Å². The molecule has 4 heteroatoms. The van der Waals surface area contributed by atoms with Crippen LogP contribution in [0.1, 0.15) is 57.1 Å². The first-order valence-electron chi connectivity index (χ1n) is 8.54. The van der Waals surface area contributed by atoms with Crippen LogP contribution >= 0.6 is 0 Å². The van der Waals surface area contributed by atoms with Crippen LogP contribution < -0.4 is 0 Å². The van der Waals surface area contributed by atoms with E-state index in [2.05, 4.69) is 18.0 Å². The summed E-state index contributed by atoms with van der Waals surface area (Å²) in [5.74, 6) is 0.128. The van der Waals surface area contributed by atoms with E-state index in [4.69, 9.17) is 4.74 Å². The number of hydrogen-bond acceptors (Lipinski definition) is 3. The quantitative estimate of drug-likeness (QED) is 0.725. The molecule has 1 amide bonds. The van der Waals surface area contributed by atoms with Gasteiger partial charge in [-0.1, -0.05) is 32.3 Å². The van der Waals surface area contributed by atoms with Crippen LogP contribution in [0.3, 0.4) is 0 Å². The number of aromatic nitrogens is 1. The average Bonchev–Trinajstić information content (AvgIpc) is 2.46. The maximum absolute atomic E-state index is 12.5. The molecule has 3 rings (SSSR count). The van der Waals surface area contributed by atoms with Crippen LogP contribution in [0.4, 0.5) is 0 Å². The van der Waals surface area contributed by atoms with Gasteiger partial charge in [-0.3, -0.25) is 9.78 Å². The van der Waals surface area contributed by atoms with Crippen molar-refractivity contribution < 1.29 is 9.53 Å². The molecular weight excluding hydrogens is 276 g/mol. The van der Waals surface area contributed by atoms with Gasteiger partial charge in [-0.05, 0) is 30.9 Å². The van der Waals surface area contributed by atoms with E-state index in [0.29, 0.717) is 12.0 Å². The summed E-state index contributed by atoms with van der Waals surface area (Å²) in [5.41, 5.74) is 1.49. The zero-order valence-electron chi connectivity index (χ0n) is 13.5. The summed E-state index contributed by atoms with van der Waals surface area (Å²) in [5, 5.41) is 0. The van der Waals surface area contributed by atoms with Crippen LogP contribution in [0, 0.1) is 5.41 Å². The molecule has 1 aromatic heterocycles. The first-order valence-corrected chi connectivity index (χ1v) is 8.54. The molecule has 1 atom stereocenters. The highest BCUT2D eigenvalue weighted by Gasteiger charge is 2.57. The highest BCUT2D eigenvalue weighted by Crippen LogP contribution is 2.60. The molecule has 1 saturated heterocycles. The van der Waals surface area contributed by atoms with E-state index in [1.165, 1.54) is 37.7 Å². The fraction of sp³-hybridized carbons (Fsp3) is 0.667. The number of carbonyl (C=O) groups is 1. The maximum atomic E-state index is 12.5. The number of likely N-dealkylation sites (tertiary alicyclic amines) is 1. The van der Waals surface area contributed by atoms with Crippen molar-refractivity contribution in [2.45, 2.75) is 51.5 Å². The van der Waals surface area contributed by atoms with Gasteiger partial charge in [-0.2, -0.15) is 0 Å². The Morgan fingerprint density at radius 2 is 2.32 bits per heavy atom. The Balaban J connectivity index is 1.58. The Labute approximate surface area is 132 Å². The molecule has 2 aliphatic rings. The van der Waals surface area contributed by atoms with Crippen LogP contribution in [0.25, 0.3) is 0 Å². The van der Waals surface area contributed by atoms with Gasteiger partial charge in [-0.25, -0.2) is 0 Å². The Morgan fingerprint density at radius 3 is 2.95 bits per heavy atom. The molecule has 1 aromatic rings. The van der Waals surface area contributed by atoms with Gasteiger partial charge in [0.1, 0.15) is 6.61 Å². The second-order valence-corrected chi connectivity index (χ2v) is 6.69. The van der Waals surface area contributed by atoms with Crippen molar-refractivity contribution in [3.63, 3.8) is 0 Å². The molecule has 2 heterocycles. The van der Waals surface area contributed by atoms with Gasteiger partial charge in [0.15, 0.2) is 0 Å². The van der Waals surface area contributed by atoms with Gasteiger partial charge in [0.2, 0.25) is 5.91 Å². The van der Waals surface area contributed by atoms with Gasteiger partial charge in [-0.15, -0.1) is 0 Å². The number of nitrogens with zero attached hydrogens (tertiary/aromatic N) is 2. The molecule has 0 bridgehead atoms. The second-order valence-electron chi connectivity index (χ2n) is 6.69. The van der Waals surface area contributed by atoms with E-state index < -0.39 is 0 Å². The summed E-state index contributed by atoms with van der Waals surface area (Å²) >= 11 is 0. The van der Waals surface area contributed by atoms with Crippen molar-refractivity contribution in [3.8, 4) is 0 Å². The lowest BCUT2D eigenvalue weighted by Crippen LogP contribution is -2.64. The van der Waals surface area contributed by atoms with Crippen molar-refractivity contribution in [1.82, 2.24) is 9.88 Å². The standard InChI is InChI=1S/C18H26N2O2/c1-2-3-4-11-22-13-16(21)20-14-18(8-6-9-18)17(20)15-7-5-10-19-12-15/h5,7,10,12,17H,2-4,6,8-9,11,13-14H2,1H3. The number of hydrogen-bond donors (Lipinski definition) is 0. The molecule has 120 valence electrons. The molecule has 1 spiro atoms. The fourth-order valence-electron chi connectivity index (χ4n) is 3.80. The number of unbranched alkanes of at least 4 members (excludes halogenated alkanes) is 2. The predicted octanol–water partition coefficient (Wildman–Crippen LogP) is 3.34. The molecule has 0 aromatic carbocycles. The van der Waals surface area contributed by atoms with Crippen LogP contribution in [-0.4, -0.2) is 35.5 Å². The minimum Gasteiger partial charge on any atom is -0.372 e. The van der Waals surface area contributed by atoms with Crippen molar-refractivity contribution in [3.05, 3.63) is 30.1 Å². The number of rotatable bonds is 7. The van der Waals surface area contributed by atoms with Gasteiger partial charge < -0.3 is 9.64 Å². The molecule has 1 unspecified atom stereocenters. The summed E-state index contributed by atoms with van der Waals surface area (Å²) in [4.78, 5) is 18.7. The van der Waals surface area contributed by atoms with Crippen LogP contribution in [0.2, 0.25) is 0 Å². The number of carbonyl (C=O) groups excluding carboxylic acids is 1. The lowest BCUT2D eigenvalue weighted by atomic mass is 9.56. The summed E-state index contributed by atoms with van der Waals surface area (Å²) in [6.07, 6.45) is 10.8. The third kappa shape index (κ3) is 2.89. The number of pyridine rings is 1. The largest absolute Gasteiger partial charge is 0.372 e. The molecular formula is C18H26N2O2. The molecule has 0 N–H and O–H groups in total. The van der Waals surface area contributed by atoms with Crippen molar-refractivity contribution in [2.75, 3.05) is 19.8 Å². The zero-order chi connectivity index (χ0) is 15.4. The summed E-state index contributed by atoms with van der Waals surface area (Å²) in [7, 11) is 0. The molecule has 22 heavy (non-hydrogen) atoms. The maximum Gasteiger partial charge on any atom is 0.249 e. The van der Waals surface area contributed by atoms with Crippen LogP contribution in [-0.2, 0) is 9.53 Å². The monoisotopic (exact) mass is 302 g/mol. The summed E-state index contributed by atoms with van der Waals surface area (Å²) < 4.78 is 5.55. The topological polar surface area (TPSA) is 42.4 Å². The molecule has 1 aliphatic carbocycles. The number of ether oxygens (including phenoxy) is 1. The Hall–Kier alpha value is -1.42. The first kappa shape index (κ1) is 15.5. The molecule has 0 radical (unpaired) electrons. The average molecular weight is 302 g/mol. The van der Waals surface area contributed by atoms with Crippen molar-refractivity contribution >= 4 is 5.91 Å². The summed E-state index contributed by atoms with van der Waals surface area (Å²) in [6, 6.07) is 4.27. The zero-order valence-corrected chi connectivity index (χ0v) is 13.5. The van der Waals surface area contributed by atoms with E-state index in [0.717, 1.165) is 13.0 Å². The highest BCUT2D eigenvalue weighted by atomic mass is 16.5. The van der Waals surface area contributed by atoms with E-state index in [1.807, 2.05) is 17.2 Å². The Bertz CT molecular complexity index is 499. The van der Waals surface area contributed by atoms with E-state index in [-0.39, 0.29) is 18.6 Å². The normalized spacial score (nSPS) is 22.2. The minimum absolute atomic E-state index is 0.128. The van der Waals surface area contributed by atoms with E-state index >= 15 is 0 Å². The van der Waals surface area contributed by atoms with Crippen molar-refractivity contribution in [2.24, 2.45) is 5.41 Å². The van der Waals surface area contributed by atoms with Crippen LogP contribution in [0.5, 0.6) is 0 Å². The van der Waals surface area contributed by atoms with Crippen molar-refractivity contribution in [1.29, 1.82) is 0 Å². The molecule has 1 aliphatic heterocycles. The first-order chi connectivity index (χ1) is 10.8. The smallest absolute Gasteiger partial charge is 0.249 e. The lowest BCUT2D eigenvalue weighted by molar-refractivity contribution is -0.173. The van der Waals surface area contributed by atoms with Crippen LogP contribution in [0.15, 0.2) is 24.5 Å². The molecule has 4 nitrogen and oxygen atoms in total. The number of amides is 1. The molecule has 1 saturated carbocycles. The highest BCUT2D eigenvalue weighted by molar-refractivity contribution is 5.79.